The van der Waals surface area contributed by atoms with Gasteiger partial charge in [0.1, 0.15) is 30.8 Å². The van der Waals surface area contributed by atoms with Crippen molar-refractivity contribution in [3.8, 4) is 0 Å². The molecule has 50 heavy (non-hydrogen) atoms. The van der Waals surface area contributed by atoms with Gasteiger partial charge in [0.05, 0.1) is 18.9 Å². The van der Waals surface area contributed by atoms with E-state index in [2.05, 4.69) is 31.1 Å². The Morgan fingerprint density at radius 2 is 1.20 bits per heavy atom. The minimum Gasteiger partial charge on any atom is -0.481 e. The van der Waals surface area contributed by atoms with Gasteiger partial charge in [0.15, 0.2) is 0 Å². The van der Waals surface area contributed by atoms with Crippen LogP contribution in [0, 0.1) is 0 Å². The summed E-state index contributed by atoms with van der Waals surface area (Å²) in [7, 11) is 2.92. The van der Waals surface area contributed by atoms with Crippen LogP contribution < -0.4 is 32.3 Å². The van der Waals surface area contributed by atoms with Crippen LogP contribution in [0.15, 0.2) is 0 Å². The maximum Gasteiger partial charge on any atom is 0.505 e. The van der Waals surface area contributed by atoms with Gasteiger partial charge in [-0.1, -0.05) is 21.6 Å². The van der Waals surface area contributed by atoms with Crippen molar-refractivity contribution in [3.63, 3.8) is 0 Å². The van der Waals surface area contributed by atoms with Gasteiger partial charge in [-0.15, -0.1) is 0 Å². The molecule has 0 aliphatic rings. The first-order valence-electron chi connectivity index (χ1n) is 15.5. The van der Waals surface area contributed by atoms with Crippen molar-refractivity contribution in [2.45, 2.75) is 82.1 Å². The SMILES string of the molecule is [2H]OC(=O)OCCSSCCNCCCC[C@H](NC(=O)[C@H](CCC(=O)O)NC(=O)[C@H](C)N)C(=O)N[C@@H](CC(=O)O)C(=O)N[C@@H](CC(=O)O)C(=O)O. The summed E-state index contributed by atoms with van der Waals surface area (Å²) in [6.07, 6.45) is -3.48. The number of hydrogen-bond donors (Lipinski definition) is 11. The molecule has 0 aliphatic carbocycles. The van der Waals surface area contributed by atoms with E-state index in [1.807, 2.05) is 5.32 Å². The molecule has 5 atom stereocenters. The van der Waals surface area contributed by atoms with Crippen LogP contribution in [-0.4, -0.2) is 141 Å². The molecule has 0 radical (unpaired) electrons. The van der Waals surface area contributed by atoms with Gasteiger partial charge in [-0.3, -0.25) is 33.6 Å². The predicted octanol–water partition coefficient (Wildman–Crippen LogP) is -1.99. The topological polar surface area (TPSA) is 350 Å². The van der Waals surface area contributed by atoms with E-state index >= 15 is 0 Å². The van der Waals surface area contributed by atoms with Gasteiger partial charge in [0.2, 0.25) is 23.6 Å². The van der Waals surface area contributed by atoms with Crippen LogP contribution in [0.4, 0.5) is 4.79 Å². The molecule has 23 heteroatoms. The van der Waals surface area contributed by atoms with Crippen LogP contribution in [0.5, 0.6) is 0 Å². The molecule has 12 N–H and O–H groups in total. The van der Waals surface area contributed by atoms with Gasteiger partial charge in [-0.05, 0) is 39.2 Å². The summed E-state index contributed by atoms with van der Waals surface area (Å²) < 4.78 is 11.0. The molecule has 0 heterocycles. The number of carbonyl (C=O) groups excluding carboxylic acids is 4. The van der Waals surface area contributed by atoms with E-state index in [4.69, 9.17) is 17.4 Å². The Hall–Kier alpha value is -4.35. The Labute approximate surface area is 295 Å². The number of unbranched alkanes of at least 4 members (excludes halogenated alkanes) is 1. The van der Waals surface area contributed by atoms with E-state index in [-0.39, 0.29) is 25.9 Å². The second kappa shape index (κ2) is 25.6. The van der Waals surface area contributed by atoms with Crippen molar-refractivity contribution in [3.05, 3.63) is 0 Å². The number of carboxylic acid groups (broad SMARTS) is 5. The fourth-order valence-electron chi connectivity index (χ4n) is 3.80. The number of nitrogens with one attached hydrogen (secondary N) is 5. The minimum absolute atomic E-state index is 0.0716. The van der Waals surface area contributed by atoms with Gasteiger partial charge >= 0.3 is 31.5 Å². The number of nitrogens with two attached hydrogens (primary N) is 1. The summed E-state index contributed by atoms with van der Waals surface area (Å²) in [4.78, 5) is 107. The van der Waals surface area contributed by atoms with E-state index in [1.165, 1.54) is 28.5 Å². The lowest BCUT2D eigenvalue weighted by Gasteiger charge is -2.25. The standard InChI is InChI=1S/C27H44N6O15S2/c1-14(28)22(40)30-16(5-6-19(34)35)24(42)31-15(4-2-3-7-29-8-10-49-50-11-9-48-27(46)47)23(41)32-17(12-20(36)37)25(43)33-18(26(44)45)13-21(38)39/h14-18,29H,2-13,28H2,1H3,(H,30,40)(H,31,42)(H,32,41)(H,33,43)(H,34,35)(H,36,37)(H,38,39)(H,44,45)(H,46,47)/t14-,15-,16-,17-,18-/m0/s1/i/hD. The van der Waals surface area contributed by atoms with Crippen molar-refractivity contribution >= 4 is 75.2 Å². The molecule has 0 aromatic carbocycles. The molecule has 0 aromatic heterocycles. The number of carbonyl (C=O) groups is 9. The van der Waals surface area contributed by atoms with Gasteiger partial charge < -0.3 is 62.6 Å². The molecule has 0 saturated heterocycles. The summed E-state index contributed by atoms with van der Waals surface area (Å²) in [6.45, 7) is 2.42. The molecule has 0 rings (SSSR count). The highest BCUT2D eigenvalue weighted by Gasteiger charge is 2.33. The molecule has 0 spiro atoms. The number of rotatable bonds is 28. The Bertz CT molecular complexity index is 1220. The van der Waals surface area contributed by atoms with Crippen LogP contribution in [0.2, 0.25) is 0 Å². The number of hydrogen-bond acceptors (Lipinski definition) is 15. The Kier molecular flexibility index (Phi) is 22.4. The predicted molar refractivity (Wildman–Crippen MR) is 176 cm³/mol. The zero-order valence-electron chi connectivity index (χ0n) is 28.0. The zero-order valence-corrected chi connectivity index (χ0v) is 28.7. The normalized spacial score (nSPS) is 13.9. The summed E-state index contributed by atoms with van der Waals surface area (Å²) >= 11 is 0. The minimum atomic E-state index is -1.96. The molecule has 0 saturated carbocycles. The maximum absolute atomic E-state index is 13.4. The third-order valence-corrected chi connectivity index (χ3v) is 8.63. The first-order chi connectivity index (χ1) is 24.0. The van der Waals surface area contributed by atoms with Crippen molar-refractivity contribution in [2.75, 3.05) is 31.2 Å². The van der Waals surface area contributed by atoms with Crippen LogP contribution in [0.1, 0.15) is 51.9 Å². The van der Waals surface area contributed by atoms with Crippen molar-refractivity contribution in [1.29, 1.82) is 1.43 Å². The first kappa shape index (κ1) is 43.7. The smallest absolute Gasteiger partial charge is 0.481 e. The number of ether oxygens (including phenoxy) is 1. The van der Waals surface area contributed by atoms with Gasteiger partial charge in [0, 0.05) is 24.5 Å². The second-order valence-corrected chi connectivity index (χ2v) is 13.2. The highest BCUT2D eigenvalue weighted by Crippen LogP contribution is 2.19. The first-order valence-corrected chi connectivity index (χ1v) is 17.6. The summed E-state index contributed by atoms with van der Waals surface area (Å²) in [5.74, 6) is -9.22. The van der Waals surface area contributed by atoms with E-state index in [0.717, 1.165) is 0 Å². The molecule has 0 fully saturated rings. The van der Waals surface area contributed by atoms with Crippen molar-refractivity contribution in [2.24, 2.45) is 5.73 Å². The lowest BCUT2D eigenvalue weighted by Crippen LogP contribution is -2.58. The van der Waals surface area contributed by atoms with Crippen LogP contribution >= 0.6 is 21.6 Å². The highest BCUT2D eigenvalue weighted by atomic mass is 33.1. The highest BCUT2D eigenvalue weighted by molar-refractivity contribution is 8.76. The lowest BCUT2D eigenvalue weighted by molar-refractivity contribution is -0.148. The fraction of sp³-hybridized carbons (Fsp3) is 0.667. The lowest BCUT2D eigenvalue weighted by atomic mass is 10.0. The third-order valence-electron chi connectivity index (χ3n) is 6.26. The van der Waals surface area contributed by atoms with E-state index in [0.29, 0.717) is 31.0 Å². The molecule has 0 bridgehead atoms. The van der Waals surface area contributed by atoms with Crippen LogP contribution in [0.25, 0.3) is 1.43 Å². The Balaban J connectivity index is 5.64. The van der Waals surface area contributed by atoms with Gasteiger partial charge in [0.25, 0.3) is 0 Å². The molecule has 0 aromatic rings. The van der Waals surface area contributed by atoms with E-state index in [1.54, 1.807) is 0 Å². The molecular formula is C27H44N6O15S2. The van der Waals surface area contributed by atoms with Crippen molar-refractivity contribution in [1.82, 2.24) is 26.6 Å². The quantitative estimate of drug-likeness (QED) is 0.0234. The number of amides is 4. The van der Waals surface area contributed by atoms with Crippen molar-refractivity contribution < 1.29 is 73.4 Å². The van der Waals surface area contributed by atoms with Crippen LogP contribution in [0.3, 0.4) is 0 Å². The molecular weight excluding hydrogens is 712 g/mol. The molecule has 0 aliphatic heterocycles. The maximum atomic E-state index is 13.4. The Morgan fingerprint density at radius 1 is 0.680 bits per heavy atom. The van der Waals surface area contributed by atoms with Crippen LogP contribution in [-0.2, 0) is 43.1 Å². The summed E-state index contributed by atoms with van der Waals surface area (Å²) in [5, 5.41) is 52.1. The van der Waals surface area contributed by atoms with E-state index in [9.17, 15) is 53.4 Å². The summed E-state index contributed by atoms with van der Waals surface area (Å²) in [5.41, 5.74) is 5.55. The number of carboxylic acids is 4. The average Bonchev–Trinajstić information content (AvgIpc) is 3.04. The molecule has 4 amide bonds. The van der Waals surface area contributed by atoms with E-state index < -0.39 is 103 Å². The third kappa shape index (κ3) is 22.3. The number of aliphatic carboxylic acids is 4. The van der Waals surface area contributed by atoms with Gasteiger partial charge in [-0.2, -0.15) is 0 Å². The molecule has 284 valence electrons. The zero-order chi connectivity index (χ0) is 38.9. The fourth-order valence-corrected chi connectivity index (χ4v) is 5.57. The molecule has 0 unspecified atom stereocenters. The second-order valence-electron chi connectivity index (χ2n) is 10.5. The largest absolute Gasteiger partial charge is 0.505 e. The monoisotopic (exact) mass is 757 g/mol. The average molecular weight is 758 g/mol. The van der Waals surface area contributed by atoms with Gasteiger partial charge in [-0.25, -0.2) is 9.59 Å². The molecule has 21 nitrogen and oxygen atoms in total. The Morgan fingerprint density at radius 3 is 1.76 bits per heavy atom. The summed E-state index contributed by atoms with van der Waals surface area (Å²) in [6, 6.07) is -7.85.